The lowest BCUT2D eigenvalue weighted by molar-refractivity contribution is 0.0747. The van der Waals surface area contributed by atoms with Crippen LogP contribution in [0.4, 0.5) is 0 Å². The van der Waals surface area contributed by atoms with Crippen molar-refractivity contribution < 1.29 is 0 Å². The van der Waals surface area contributed by atoms with E-state index in [0.29, 0.717) is 5.41 Å². The van der Waals surface area contributed by atoms with Gasteiger partial charge in [0.15, 0.2) is 0 Å². The molecule has 124 valence electrons. The Morgan fingerprint density at radius 3 is 2.52 bits per heavy atom. The Morgan fingerprint density at radius 1 is 1.19 bits per heavy atom. The second-order valence-electron chi connectivity index (χ2n) is 8.12. The Balaban J connectivity index is 1.99. The summed E-state index contributed by atoms with van der Waals surface area (Å²) in [6.07, 6.45) is 12.8. The van der Waals surface area contributed by atoms with Crippen molar-refractivity contribution in [3.8, 4) is 0 Å². The van der Waals surface area contributed by atoms with Crippen LogP contribution in [-0.2, 0) is 0 Å². The third kappa shape index (κ3) is 5.25. The molecule has 21 heavy (non-hydrogen) atoms. The monoisotopic (exact) mass is 294 g/mol. The van der Waals surface area contributed by atoms with Crippen molar-refractivity contribution >= 4 is 0 Å². The lowest BCUT2D eigenvalue weighted by Gasteiger charge is -2.43. The SMILES string of the molecule is CCCC1(CN(CCC(C)C)C2CCCC2)CCCNC1. The summed E-state index contributed by atoms with van der Waals surface area (Å²) in [5, 5.41) is 3.69. The zero-order valence-corrected chi connectivity index (χ0v) is 14.8. The zero-order valence-electron chi connectivity index (χ0n) is 14.8. The highest BCUT2D eigenvalue weighted by atomic mass is 15.2. The number of hydrogen-bond donors (Lipinski definition) is 1. The average Bonchev–Trinajstić information content (AvgIpc) is 2.99. The largest absolute Gasteiger partial charge is 0.316 e. The molecule has 1 N–H and O–H groups in total. The van der Waals surface area contributed by atoms with Crippen LogP contribution in [0.2, 0.25) is 0 Å². The van der Waals surface area contributed by atoms with Gasteiger partial charge in [-0.3, -0.25) is 4.90 Å². The maximum Gasteiger partial charge on any atom is 0.00955 e. The molecule has 0 aromatic heterocycles. The van der Waals surface area contributed by atoms with Gasteiger partial charge in [0, 0.05) is 19.1 Å². The highest BCUT2D eigenvalue weighted by molar-refractivity contribution is 4.90. The van der Waals surface area contributed by atoms with Gasteiger partial charge in [-0.1, -0.05) is 40.0 Å². The van der Waals surface area contributed by atoms with Gasteiger partial charge in [-0.2, -0.15) is 0 Å². The molecule has 2 rings (SSSR count). The first-order chi connectivity index (χ1) is 10.2. The van der Waals surface area contributed by atoms with E-state index in [1.165, 1.54) is 84.0 Å². The Morgan fingerprint density at radius 2 is 1.95 bits per heavy atom. The third-order valence-electron chi connectivity index (χ3n) is 5.71. The molecule has 1 aliphatic heterocycles. The van der Waals surface area contributed by atoms with E-state index >= 15 is 0 Å². The maximum atomic E-state index is 3.69. The highest BCUT2D eigenvalue weighted by Crippen LogP contribution is 2.35. The van der Waals surface area contributed by atoms with E-state index in [1.54, 1.807) is 0 Å². The Labute approximate surface area is 133 Å². The molecule has 1 saturated heterocycles. The quantitative estimate of drug-likeness (QED) is 0.711. The first kappa shape index (κ1) is 17.3. The molecule has 0 aromatic rings. The molecule has 1 atom stereocenters. The third-order valence-corrected chi connectivity index (χ3v) is 5.71. The summed E-state index contributed by atoms with van der Waals surface area (Å²) in [5.41, 5.74) is 0.562. The van der Waals surface area contributed by atoms with E-state index in [0.717, 1.165) is 12.0 Å². The van der Waals surface area contributed by atoms with Gasteiger partial charge in [-0.15, -0.1) is 0 Å². The van der Waals surface area contributed by atoms with Crippen LogP contribution in [0.1, 0.15) is 78.6 Å². The summed E-state index contributed by atoms with van der Waals surface area (Å²) in [6.45, 7) is 12.3. The Hall–Kier alpha value is -0.0800. The zero-order chi connectivity index (χ0) is 15.1. The average molecular weight is 295 g/mol. The van der Waals surface area contributed by atoms with Crippen molar-refractivity contribution in [1.29, 1.82) is 0 Å². The molecule has 1 saturated carbocycles. The number of piperidine rings is 1. The minimum atomic E-state index is 0.562. The van der Waals surface area contributed by atoms with Crippen LogP contribution in [0, 0.1) is 11.3 Å². The van der Waals surface area contributed by atoms with E-state index in [1.807, 2.05) is 0 Å². The van der Waals surface area contributed by atoms with Crippen molar-refractivity contribution in [2.24, 2.45) is 11.3 Å². The van der Waals surface area contributed by atoms with Crippen LogP contribution >= 0.6 is 0 Å². The standard InChI is InChI=1S/C19H38N2/c1-4-11-19(12-7-13-20-15-19)16-21(14-10-17(2)3)18-8-5-6-9-18/h17-18,20H,4-16H2,1-3H3. The maximum absolute atomic E-state index is 3.69. The van der Waals surface area contributed by atoms with Crippen molar-refractivity contribution in [3.05, 3.63) is 0 Å². The molecule has 2 heteroatoms. The topological polar surface area (TPSA) is 15.3 Å². The lowest BCUT2D eigenvalue weighted by atomic mass is 9.76. The van der Waals surface area contributed by atoms with Crippen LogP contribution in [0.3, 0.4) is 0 Å². The van der Waals surface area contributed by atoms with Crippen molar-refractivity contribution in [3.63, 3.8) is 0 Å². The van der Waals surface area contributed by atoms with Gasteiger partial charge < -0.3 is 5.32 Å². The lowest BCUT2D eigenvalue weighted by Crippen LogP contribution is -2.50. The molecular formula is C19H38N2. The molecule has 2 nitrogen and oxygen atoms in total. The van der Waals surface area contributed by atoms with E-state index in [9.17, 15) is 0 Å². The smallest absolute Gasteiger partial charge is 0.00955 e. The molecule has 0 radical (unpaired) electrons. The predicted octanol–water partition coefficient (Wildman–Crippen LogP) is 4.45. The minimum Gasteiger partial charge on any atom is -0.316 e. The first-order valence-electron chi connectivity index (χ1n) is 9.60. The van der Waals surface area contributed by atoms with Crippen LogP contribution < -0.4 is 5.32 Å². The van der Waals surface area contributed by atoms with Crippen LogP contribution in [0.5, 0.6) is 0 Å². The van der Waals surface area contributed by atoms with Crippen LogP contribution in [0.15, 0.2) is 0 Å². The van der Waals surface area contributed by atoms with Gasteiger partial charge in [-0.25, -0.2) is 0 Å². The highest BCUT2D eigenvalue weighted by Gasteiger charge is 2.35. The summed E-state index contributed by atoms with van der Waals surface area (Å²) in [6, 6.07) is 0.888. The normalized spacial score (nSPS) is 27.9. The van der Waals surface area contributed by atoms with Crippen molar-refractivity contribution in [1.82, 2.24) is 10.2 Å². The molecule has 0 bridgehead atoms. The van der Waals surface area contributed by atoms with Gasteiger partial charge in [0.2, 0.25) is 0 Å². The molecular weight excluding hydrogens is 256 g/mol. The van der Waals surface area contributed by atoms with Crippen molar-refractivity contribution in [2.75, 3.05) is 26.2 Å². The summed E-state index contributed by atoms with van der Waals surface area (Å²) in [7, 11) is 0. The second kappa shape index (κ2) is 8.53. The van der Waals surface area contributed by atoms with Crippen molar-refractivity contribution in [2.45, 2.75) is 84.6 Å². The molecule has 2 aliphatic rings. The molecule has 2 fully saturated rings. The fourth-order valence-corrected chi connectivity index (χ4v) is 4.50. The van der Waals surface area contributed by atoms with E-state index in [4.69, 9.17) is 0 Å². The fraction of sp³-hybridized carbons (Fsp3) is 1.00. The Kier molecular flexibility index (Phi) is 7.01. The van der Waals surface area contributed by atoms with Gasteiger partial charge in [-0.05, 0) is 62.9 Å². The molecule has 0 amide bonds. The van der Waals surface area contributed by atoms with E-state index in [2.05, 4.69) is 31.0 Å². The molecule has 0 spiro atoms. The molecule has 1 heterocycles. The number of nitrogens with one attached hydrogen (secondary N) is 1. The second-order valence-corrected chi connectivity index (χ2v) is 8.12. The van der Waals surface area contributed by atoms with Gasteiger partial charge >= 0.3 is 0 Å². The Bertz CT molecular complexity index is 270. The van der Waals surface area contributed by atoms with Gasteiger partial charge in [0.05, 0.1) is 0 Å². The van der Waals surface area contributed by atoms with Crippen LogP contribution in [0.25, 0.3) is 0 Å². The molecule has 0 aromatic carbocycles. The van der Waals surface area contributed by atoms with E-state index in [-0.39, 0.29) is 0 Å². The summed E-state index contributed by atoms with van der Waals surface area (Å²) in [5.74, 6) is 0.834. The number of nitrogens with zero attached hydrogens (tertiary/aromatic N) is 1. The minimum absolute atomic E-state index is 0.562. The fourth-order valence-electron chi connectivity index (χ4n) is 4.50. The van der Waals surface area contributed by atoms with E-state index < -0.39 is 0 Å². The predicted molar refractivity (Wildman–Crippen MR) is 92.7 cm³/mol. The summed E-state index contributed by atoms with van der Waals surface area (Å²) < 4.78 is 0. The molecule has 1 unspecified atom stereocenters. The van der Waals surface area contributed by atoms with Crippen LogP contribution in [-0.4, -0.2) is 37.1 Å². The number of rotatable bonds is 8. The summed E-state index contributed by atoms with van der Waals surface area (Å²) in [4.78, 5) is 2.90. The summed E-state index contributed by atoms with van der Waals surface area (Å²) >= 11 is 0. The first-order valence-corrected chi connectivity index (χ1v) is 9.60. The van der Waals surface area contributed by atoms with Gasteiger partial charge in [0.1, 0.15) is 0 Å². The van der Waals surface area contributed by atoms with Gasteiger partial charge in [0.25, 0.3) is 0 Å². The number of hydrogen-bond acceptors (Lipinski definition) is 2. The molecule has 1 aliphatic carbocycles.